The number of phenols is 1. The van der Waals surface area contributed by atoms with E-state index in [1.807, 2.05) is 54.6 Å². The van der Waals surface area contributed by atoms with Crippen molar-refractivity contribution in [1.29, 1.82) is 0 Å². The van der Waals surface area contributed by atoms with Crippen LogP contribution >= 0.6 is 0 Å². The van der Waals surface area contributed by atoms with E-state index in [2.05, 4.69) is 18.7 Å². The maximum Gasteiger partial charge on any atom is 0.335 e. The number of phenolic OH excluding ortho intramolecular Hbond substituents is 1. The number of aromatic hydroxyl groups is 1. The molecule has 0 aliphatic rings. The van der Waals surface area contributed by atoms with E-state index in [1.54, 1.807) is 18.2 Å². The Hall–Kier alpha value is -3.27. The van der Waals surface area contributed by atoms with Crippen LogP contribution in [0.1, 0.15) is 46.8 Å². The lowest BCUT2D eigenvalue weighted by Crippen LogP contribution is -2.21. The van der Waals surface area contributed by atoms with Crippen LogP contribution < -0.4 is 4.90 Å². The Labute approximate surface area is 165 Å². The summed E-state index contributed by atoms with van der Waals surface area (Å²) in [6.07, 6.45) is 0. The van der Waals surface area contributed by atoms with E-state index in [0.717, 1.165) is 24.3 Å². The number of hydrogen-bond acceptors (Lipinski definition) is 3. The molecule has 0 bridgehead atoms. The van der Waals surface area contributed by atoms with E-state index in [9.17, 15) is 15.0 Å². The van der Waals surface area contributed by atoms with Gasteiger partial charge in [0.05, 0.1) is 5.56 Å². The Morgan fingerprint density at radius 3 is 2.14 bits per heavy atom. The first-order valence-electron chi connectivity index (χ1n) is 9.51. The predicted molar refractivity (Wildman–Crippen MR) is 112 cm³/mol. The van der Waals surface area contributed by atoms with E-state index in [-0.39, 0.29) is 17.2 Å². The molecule has 3 aromatic carbocycles. The Kier molecular flexibility index (Phi) is 5.99. The third-order valence-corrected chi connectivity index (χ3v) is 5.09. The van der Waals surface area contributed by atoms with Gasteiger partial charge in [-0.05, 0) is 37.1 Å². The molecule has 0 saturated heterocycles. The summed E-state index contributed by atoms with van der Waals surface area (Å²) in [7, 11) is 0. The van der Waals surface area contributed by atoms with Crippen LogP contribution in [0.25, 0.3) is 0 Å². The summed E-state index contributed by atoms with van der Waals surface area (Å²) in [5.74, 6) is -1.19. The van der Waals surface area contributed by atoms with Gasteiger partial charge in [0.15, 0.2) is 0 Å². The molecule has 0 aromatic heterocycles. The van der Waals surface area contributed by atoms with E-state index in [1.165, 1.54) is 0 Å². The summed E-state index contributed by atoms with van der Waals surface area (Å²) in [5, 5.41) is 20.6. The minimum Gasteiger partial charge on any atom is -0.508 e. The van der Waals surface area contributed by atoms with Crippen LogP contribution in [0.4, 0.5) is 5.69 Å². The molecule has 0 spiro atoms. The van der Waals surface area contributed by atoms with Crippen molar-refractivity contribution in [2.24, 2.45) is 0 Å². The molecule has 144 valence electrons. The third kappa shape index (κ3) is 3.86. The van der Waals surface area contributed by atoms with E-state index in [4.69, 9.17) is 0 Å². The highest BCUT2D eigenvalue weighted by Gasteiger charge is 2.24. The normalized spacial score (nSPS) is 11.8. The van der Waals surface area contributed by atoms with Gasteiger partial charge in [-0.25, -0.2) is 4.79 Å². The summed E-state index contributed by atoms with van der Waals surface area (Å²) in [4.78, 5) is 14.0. The summed E-state index contributed by atoms with van der Waals surface area (Å²) < 4.78 is 0. The van der Waals surface area contributed by atoms with Crippen molar-refractivity contribution >= 4 is 11.7 Å². The number of benzene rings is 3. The van der Waals surface area contributed by atoms with E-state index in [0.29, 0.717) is 11.1 Å². The molecule has 1 atom stereocenters. The quantitative estimate of drug-likeness (QED) is 0.563. The van der Waals surface area contributed by atoms with Gasteiger partial charge in [-0.2, -0.15) is 0 Å². The highest BCUT2D eigenvalue weighted by molar-refractivity contribution is 5.90. The zero-order valence-corrected chi connectivity index (χ0v) is 16.2. The second kappa shape index (κ2) is 8.61. The molecule has 1 unspecified atom stereocenters. The molecule has 0 heterocycles. The molecule has 28 heavy (non-hydrogen) atoms. The fourth-order valence-corrected chi connectivity index (χ4v) is 3.68. The predicted octanol–water partition coefficient (Wildman–Crippen LogP) is 5.12. The summed E-state index contributed by atoms with van der Waals surface area (Å²) >= 11 is 0. The van der Waals surface area contributed by atoms with Gasteiger partial charge in [0.25, 0.3) is 0 Å². The first-order chi connectivity index (χ1) is 13.6. The molecule has 2 N–H and O–H groups in total. The topological polar surface area (TPSA) is 60.8 Å². The molecule has 4 nitrogen and oxygen atoms in total. The van der Waals surface area contributed by atoms with Crippen molar-refractivity contribution in [2.45, 2.75) is 19.8 Å². The molecule has 0 aliphatic carbocycles. The third-order valence-electron chi connectivity index (χ3n) is 5.09. The molecular weight excluding hydrogens is 350 g/mol. The van der Waals surface area contributed by atoms with Gasteiger partial charge >= 0.3 is 5.97 Å². The standard InChI is InChI=1S/C24H25NO3/c1-3-25(4-2)18-14-15-21(22(26)16-18)23(17-10-6-5-7-11-17)19-12-8-9-13-20(19)24(27)28/h5-16,23,26H,3-4H2,1-2H3,(H,27,28). The van der Waals surface area contributed by atoms with Crippen molar-refractivity contribution < 1.29 is 15.0 Å². The number of anilines is 1. The summed E-state index contributed by atoms with van der Waals surface area (Å²) in [5.41, 5.74) is 3.47. The Bertz CT molecular complexity index is 949. The Balaban J connectivity index is 2.18. The lowest BCUT2D eigenvalue weighted by atomic mass is 9.82. The van der Waals surface area contributed by atoms with Crippen LogP contribution in [-0.2, 0) is 0 Å². The largest absolute Gasteiger partial charge is 0.508 e. The zero-order chi connectivity index (χ0) is 20.1. The fourth-order valence-electron chi connectivity index (χ4n) is 3.68. The summed E-state index contributed by atoms with van der Waals surface area (Å²) in [6.45, 7) is 5.84. The molecule has 0 fully saturated rings. The maximum atomic E-state index is 11.8. The molecule has 4 heteroatoms. The summed E-state index contributed by atoms with van der Waals surface area (Å²) in [6, 6.07) is 22.3. The monoisotopic (exact) mass is 375 g/mol. The van der Waals surface area contributed by atoms with Crippen molar-refractivity contribution in [1.82, 2.24) is 0 Å². The Morgan fingerprint density at radius 2 is 1.54 bits per heavy atom. The van der Waals surface area contributed by atoms with E-state index < -0.39 is 5.97 Å². The first-order valence-corrected chi connectivity index (χ1v) is 9.51. The van der Waals surface area contributed by atoms with Crippen LogP contribution in [0.3, 0.4) is 0 Å². The average Bonchev–Trinajstić information content (AvgIpc) is 2.72. The molecule has 3 rings (SSSR count). The number of carboxylic acid groups (broad SMARTS) is 1. The van der Waals surface area contributed by atoms with Crippen molar-refractivity contribution in [2.75, 3.05) is 18.0 Å². The van der Waals surface area contributed by atoms with Crippen molar-refractivity contribution in [3.05, 3.63) is 95.1 Å². The minimum atomic E-state index is -0.976. The minimum absolute atomic E-state index is 0.165. The second-order valence-corrected chi connectivity index (χ2v) is 6.65. The van der Waals surface area contributed by atoms with Crippen LogP contribution in [0.15, 0.2) is 72.8 Å². The van der Waals surface area contributed by atoms with Gasteiger partial charge in [0.2, 0.25) is 0 Å². The highest BCUT2D eigenvalue weighted by atomic mass is 16.4. The van der Waals surface area contributed by atoms with Crippen LogP contribution in [-0.4, -0.2) is 29.3 Å². The lowest BCUT2D eigenvalue weighted by Gasteiger charge is -2.25. The average molecular weight is 375 g/mol. The van der Waals surface area contributed by atoms with Gasteiger partial charge < -0.3 is 15.1 Å². The van der Waals surface area contributed by atoms with Gasteiger partial charge in [-0.1, -0.05) is 54.6 Å². The number of rotatable bonds is 7. The number of hydrogen-bond donors (Lipinski definition) is 2. The van der Waals surface area contributed by atoms with Crippen molar-refractivity contribution in [3.63, 3.8) is 0 Å². The van der Waals surface area contributed by atoms with Gasteiger partial charge in [-0.3, -0.25) is 0 Å². The van der Waals surface area contributed by atoms with Gasteiger partial charge in [0, 0.05) is 36.3 Å². The molecule has 0 saturated carbocycles. The number of nitrogens with zero attached hydrogens (tertiary/aromatic N) is 1. The van der Waals surface area contributed by atoms with Crippen LogP contribution in [0, 0.1) is 0 Å². The SMILES string of the molecule is CCN(CC)c1ccc(C(c2ccccc2)c2ccccc2C(=O)O)c(O)c1. The molecule has 3 aromatic rings. The smallest absolute Gasteiger partial charge is 0.335 e. The molecule has 0 radical (unpaired) electrons. The first kappa shape index (κ1) is 19.5. The number of aromatic carboxylic acids is 1. The number of carboxylic acids is 1. The zero-order valence-electron chi connectivity index (χ0n) is 16.2. The van der Waals surface area contributed by atoms with Crippen LogP contribution in [0.5, 0.6) is 5.75 Å². The van der Waals surface area contributed by atoms with Crippen LogP contribution in [0.2, 0.25) is 0 Å². The maximum absolute atomic E-state index is 11.8. The van der Waals surface area contributed by atoms with Gasteiger partial charge in [-0.15, -0.1) is 0 Å². The highest BCUT2D eigenvalue weighted by Crippen LogP contribution is 2.39. The Morgan fingerprint density at radius 1 is 0.893 bits per heavy atom. The fraction of sp³-hybridized carbons (Fsp3) is 0.208. The van der Waals surface area contributed by atoms with E-state index >= 15 is 0 Å². The number of carbonyl (C=O) groups is 1. The molecule has 0 amide bonds. The molecule has 0 aliphatic heterocycles. The second-order valence-electron chi connectivity index (χ2n) is 6.65. The van der Waals surface area contributed by atoms with Gasteiger partial charge in [0.1, 0.15) is 5.75 Å². The van der Waals surface area contributed by atoms with Crippen molar-refractivity contribution in [3.8, 4) is 5.75 Å². The lowest BCUT2D eigenvalue weighted by molar-refractivity contribution is 0.0695. The molecular formula is C24H25NO3.